The van der Waals surface area contributed by atoms with E-state index < -0.39 is 23.3 Å². The molecule has 1 fully saturated rings. The van der Waals surface area contributed by atoms with Crippen molar-refractivity contribution in [1.29, 1.82) is 0 Å². The maximum absolute atomic E-state index is 13.8. The summed E-state index contributed by atoms with van der Waals surface area (Å²) in [5.41, 5.74) is 2.66. The van der Waals surface area contributed by atoms with Crippen LogP contribution in [-0.2, 0) is 30.7 Å². The van der Waals surface area contributed by atoms with Gasteiger partial charge >= 0.3 is 6.18 Å². The third-order valence-corrected chi connectivity index (χ3v) is 10.9. The second kappa shape index (κ2) is 19.4. The maximum atomic E-state index is 13.8. The first-order valence-corrected chi connectivity index (χ1v) is 20.7. The number of amides is 1. The lowest BCUT2D eigenvalue weighted by Crippen LogP contribution is -2.52. The van der Waals surface area contributed by atoms with Crippen LogP contribution in [0.3, 0.4) is 0 Å². The number of likely N-dealkylation sites (tertiary alicyclic amines) is 1. The number of nitrogens with one attached hydrogen (secondary N) is 1. The first-order chi connectivity index (χ1) is 29.8. The van der Waals surface area contributed by atoms with E-state index in [4.69, 9.17) is 25.8 Å². The molecule has 1 saturated heterocycles. The number of fused-ring (bicyclic) bond motifs is 1. The average Bonchev–Trinajstić information content (AvgIpc) is 3.85. The van der Waals surface area contributed by atoms with Crippen molar-refractivity contribution in [3.8, 4) is 40.9 Å². The smallest absolute Gasteiger partial charge is 0.419 e. The number of aromatic nitrogens is 2. The van der Waals surface area contributed by atoms with Crippen LogP contribution >= 0.6 is 11.6 Å². The van der Waals surface area contributed by atoms with Gasteiger partial charge in [0.25, 0.3) is 5.79 Å². The molecule has 9 nitrogen and oxygen atoms in total. The van der Waals surface area contributed by atoms with Crippen LogP contribution in [0, 0.1) is 35.4 Å². The summed E-state index contributed by atoms with van der Waals surface area (Å²) in [6.45, 7) is 6.03. The molecule has 3 heterocycles. The molecule has 5 aromatic rings. The summed E-state index contributed by atoms with van der Waals surface area (Å²) in [5, 5.41) is 17.4. The fourth-order valence-corrected chi connectivity index (χ4v) is 7.56. The number of carbonyl (C=O) groups is 1. The largest absolute Gasteiger partial charge is 0.489 e. The number of hydrogen-bond donors (Lipinski definition) is 2. The molecule has 1 spiro atoms. The molecule has 1 aromatic heterocycles. The molecule has 4 aromatic carbocycles. The Kier molecular flexibility index (Phi) is 13.8. The molecule has 62 heavy (non-hydrogen) atoms. The van der Waals surface area contributed by atoms with Gasteiger partial charge in [0.1, 0.15) is 18.2 Å². The van der Waals surface area contributed by atoms with Crippen LogP contribution < -0.4 is 19.5 Å². The second-order valence-electron chi connectivity index (χ2n) is 15.5. The Balaban J connectivity index is 0.914. The summed E-state index contributed by atoms with van der Waals surface area (Å²) in [6, 6.07) is 21.1. The Bertz CT molecular complexity index is 2510. The van der Waals surface area contributed by atoms with Crippen molar-refractivity contribution in [3.05, 3.63) is 141 Å². The summed E-state index contributed by atoms with van der Waals surface area (Å²) in [5.74, 6) is 12.1. The van der Waals surface area contributed by atoms with Gasteiger partial charge in [-0.15, -0.1) is 0 Å². The molecule has 0 saturated carbocycles. The predicted molar refractivity (Wildman–Crippen MR) is 226 cm³/mol. The van der Waals surface area contributed by atoms with E-state index in [2.05, 4.69) is 47.9 Å². The number of aryl methyl sites for hydroxylation is 1. The van der Waals surface area contributed by atoms with Gasteiger partial charge < -0.3 is 29.5 Å². The highest BCUT2D eigenvalue weighted by Gasteiger charge is 2.46. The van der Waals surface area contributed by atoms with E-state index in [1.165, 1.54) is 6.07 Å². The predicted octanol–water partition coefficient (Wildman–Crippen LogP) is 8.73. The van der Waals surface area contributed by atoms with Crippen molar-refractivity contribution in [1.82, 2.24) is 20.0 Å². The molecule has 2 aliphatic rings. The number of ether oxygens (including phenoxy) is 3. The topological polar surface area (TPSA) is 98.1 Å². The number of aliphatic hydroxyl groups is 1. The average molecular weight is 869 g/mol. The number of nitrogens with zero attached hydrogens (tertiary/aromatic N) is 3. The Labute approximate surface area is 362 Å². The van der Waals surface area contributed by atoms with Gasteiger partial charge in [-0.25, -0.2) is 4.39 Å². The quantitative estimate of drug-likeness (QED) is 0.0736. The minimum Gasteiger partial charge on any atom is -0.489 e. The van der Waals surface area contributed by atoms with E-state index in [0.29, 0.717) is 85.4 Å². The van der Waals surface area contributed by atoms with Crippen LogP contribution in [0.25, 0.3) is 0 Å². The lowest BCUT2D eigenvalue weighted by molar-refractivity contribution is -0.148. The van der Waals surface area contributed by atoms with Crippen LogP contribution in [0.1, 0.15) is 78.0 Å². The van der Waals surface area contributed by atoms with Crippen molar-refractivity contribution in [3.63, 3.8) is 0 Å². The molecule has 14 heteroatoms. The molecule has 2 aliphatic heterocycles. The van der Waals surface area contributed by atoms with Crippen molar-refractivity contribution < 1.29 is 41.7 Å². The third-order valence-electron chi connectivity index (χ3n) is 10.6. The zero-order valence-corrected chi connectivity index (χ0v) is 35.0. The summed E-state index contributed by atoms with van der Waals surface area (Å²) < 4.78 is 73.7. The Morgan fingerprint density at radius 1 is 0.952 bits per heavy atom. The van der Waals surface area contributed by atoms with Gasteiger partial charge in [-0.3, -0.25) is 9.48 Å². The molecule has 0 bridgehead atoms. The number of rotatable bonds is 12. The van der Waals surface area contributed by atoms with Gasteiger partial charge in [-0.1, -0.05) is 67.3 Å². The number of halogens is 5. The van der Waals surface area contributed by atoms with Crippen LogP contribution in [-0.4, -0.2) is 57.7 Å². The van der Waals surface area contributed by atoms with Gasteiger partial charge in [0.2, 0.25) is 5.91 Å². The standard InChI is InChI=1S/C48H45ClF4N4O5/c1-32(2)45(37-11-13-39(49)14-12-37)46(59)56-22-18-47(19-23-56)61-43-17-10-34(27-44(43)62-47)6-7-36-28-55-57(30-36)21-4-3-5-33-9-16-42(38(25-33)29-54-20-24-58)60-31-35-8-15-41(50)40(26-35)48(51,52)53/h8-17,25-28,30,32,45,54,58H,4,18-24,29,31H2,1-2H3. The summed E-state index contributed by atoms with van der Waals surface area (Å²) in [6.07, 6.45) is 0.280. The molecule has 1 amide bonds. The summed E-state index contributed by atoms with van der Waals surface area (Å²) in [7, 11) is 0. The van der Waals surface area contributed by atoms with E-state index in [1.807, 2.05) is 59.6 Å². The summed E-state index contributed by atoms with van der Waals surface area (Å²) in [4.78, 5) is 15.6. The lowest BCUT2D eigenvalue weighted by atomic mass is 9.86. The molecular weight excluding hydrogens is 824 g/mol. The summed E-state index contributed by atoms with van der Waals surface area (Å²) >= 11 is 6.10. The van der Waals surface area contributed by atoms with Gasteiger partial charge in [0, 0.05) is 73.4 Å². The number of hydrogen-bond acceptors (Lipinski definition) is 7. The van der Waals surface area contributed by atoms with E-state index >= 15 is 0 Å². The SMILES string of the molecule is CC(C)C(C(=O)N1CCC2(CC1)Oc1ccc(C#Cc3cnn(CCC#Cc4ccc(OCc5ccc(F)c(C(F)(F)F)c5)c(CNCCO)c4)c3)cc1O2)c1ccc(Cl)cc1. The molecule has 1 atom stereocenters. The Morgan fingerprint density at radius 3 is 2.42 bits per heavy atom. The van der Waals surface area contributed by atoms with Gasteiger partial charge in [0.05, 0.1) is 36.4 Å². The number of alkyl halides is 3. The highest BCUT2D eigenvalue weighted by molar-refractivity contribution is 6.30. The van der Waals surface area contributed by atoms with Gasteiger partial charge in [0.15, 0.2) is 11.5 Å². The Morgan fingerprint density at radius 2 is 1.68 bits per heavy atom. The van der Waals surface area contributed by atoms with Gasteiger partial charge in [-0.05, 0) is 77.7 Å². The van der Waals surface area contributed by atoms with Crippen LogP contribution in [0.2, 0.25) is 5.02 Å². The number of aliphatic hydroxyl groups excluding tert-OH is 1. The minimum absolute atomic E-state index is 0.0800. The molecule has 322 valence electrons. The molecular formula is C48H45ClF4N4O5. The van der Waals surface area contributed by atoms with Crippen LogP contribution in [0.4, 0.5) is 17.6 Å². The van der Waals surface area contributed by atoms with E-state index in [-0.39, 0.29) is 36.5 Å². The fourth-order valence-electron chi connectivity index (χ4n) is 7.43. The first-order valence-electron chi connectivity index (χ1n) is 20.3. The van der Waals surface area contributed by atoms with Crippen molar-refractivity contribution in [2.24, 2.45) is 5.92 Å². The maximum Gasteiger partial charge on any atom is 0.419 e. The molecule has 7 rings (SSSR count). The zero-order chi connectivity index (χ0) is 43.9. The number of piperidine rings is 1. The van der Waals surface area contributed by atoms with Gasteiger partial charge in [-0.2, -0.15) is 18.3 Å². The monoisotopic (exact) mass is 868 g/mol. The zero-order valence-electron chi connectivity index (χ0n) is 34.2. The normalized spacial score (nSPS) is 14.6. The number of carbonyl (C=O) groups excluding carboxylic acids is 1. The second-order valence-corrected chi connectivity index (χ2v) is 15.9. The lowest BCUT2D eigenvalue weighted by Gasteiger charge is -2.39. The van der Waals surface area contributed by atoms with E-state index in [0.717, 1.165) is 28.8 Å². The number of benzene rings is 4. The van der Waals surface area contributed by atoms with Crippen molar-refractivity contribution in [2.75, 3.05) is 26.2 Å². The Hall–Kier alpha value is -5.99. The molecule has 0 aliphatic carbocycles. The first kappa shape index (κ1) is 44.1. The van der Waals surface area contributed by atoms with E-state index in [9.17, 15) is 27.5 Å². The fraction of sp³-hybridized carbons (Fsp3) is 0.333. The van der Waals surface area contributed by atoms with E-state index in [1.54, 1.807) is 23.0 Å². The van der Waals surface area contributed by atoms with Crippen LogP contribution in [0.15, 0.2) is 91.3 Å². The third kappa shape index (κ3) is 10.9. The molecule has 1 unspecified atom stereocenters. The van der Waals surface area contributed by atoms with Crippen LogP contribution in [0.5, 0.6) is 17.2 Å². The molecule has 0 radical (unpaired) electrons. The highest BCUT2D eigenvalue weighted by Crippen LogP contribution is 2.44. The highest BCUT2D eigenvalue weighted by atomic mass is 35.5. The van der Waals surface area contributed by atoms with Crippen molar-refractivity contribution >= 4 is 17.5 Å². The van der Waals surface area contributed by atoms with Crippen molar-refractivity contribution in [2.45, 2.75) is 70.7 Å². The molecule has 2 N–H and O–H groups in total. The minimum atomic E-state index is -4.82.